The summed E-state index contributed by atoms with van der Waals surface area (Å²) in [6.07, 6.45) is 0. The highest BCUT2D eigenvalue weighted by Crippen LogP contribution is 2.43. The molecule has 0 amide bonds. The molecule has 2 atom stereocenters. The Morgan fingerprint density at radius 3 is 2.89 bits per heavy atom. The lowest BCUT2D eigenvalue weighted by Gasteiger charge is -2.38. The van der Waals surface area contributed by atoms with Gasteiger partial charge < -0.3 is 10.1 Å². The van der Waals surface area contributed by atoms with Gasteiger partial charge in [0.1, 0.15) is 0 Å². The molecule has 2 nitrogen and oxygen atoms in total. The van der Waals surface area contributed by atoms with E-state index in [2.05, 4.69) is 44.3 Å². The summed E-state index contributed by atoms with van der Waals surface area (Å²) < 4.78 is 6.14. The zero-order valence-corrected chi connectivity index (χ0v) is 12.1. The van der Waals surface area contributed by atoms with Gasteiger partial charge in [-0.15, -0.1) is 12.4 Å². The van der Waals surface area contributed by atoms with Crippen LogP contribution in [-0.4, -0.2) is 18.7 Å². The van der Waals surface area contributed by atoms with Crippen LogP contribution in [0.1, 0.15) is 49.3 Å². The highest BCUT2D eigenvalue weighted by atomic mass is 35.5. The van der Waals surface area contributed by atoms with E-state index in [4.69, 9.17) is 4.74 Å². The molecule has 0 saturated carbocycles. The fourth-order valence-corrected chi connectivity index (χ4v) is 3.29. The molecule has 0 radical (unpaired) electrons. The minimum atomic E-state index is 0. The van der Waals surface area contributed by atoms with Crippen molar-refractivity contribution in [3.05, 3.63) is 34.9 Å². The quantitative estimate of drug-likeness (QED) is 0.844. The largest absolute Gasteiger partial charge is 0.369 e. The lowest BCUT2D eigenvalue weighted by molar-refractivity contribution is -0.0522. The molecular formula is C15H22ClNO. The van der Waals surface area contributed by atoms with Gasteiger partial charge in [-0.3, -0.25) is 0 Å². The van der Waals surface area contributed by atoms with Gasteiger partial charge in [0.2, 0.25) is 0 Å². The van der Waals surface area contributed by atoms with Crippen molar-refractivity contribution in [2.75, 3.05) is 13.1 Å². The molecule has 100 valence electrons. The lowest BCUT2D eigenvalue weighted by Crippen LogP contribution is -2.40. The van der Waals surface area contributed by atoms with E-state index in [0.717, 1.165) is 19.7 Å². The predicted octanol–water partition coefficient (Wildman–Crippen LogP) is 3.21. The lowest BCUT2D eigenvalue weighted by atomic mass is 9.79. The van der Waals surface area contributed by atoms with Crippen molar-refractivity contribution in [2.24, 2.45) is 0 Å². The van der Waals surface area contributed by atoms with Gasteiger partial charge >= 0.3 is 0 Å². The minimum absolute atomic E-state index is 0. The van der Waals surface area contributed by atoms with E-state index >= 15 is 0 Å². The number of halogens is 1. The SMILES string of the molecule is CC(C)c1cccc2c1CO[C@@]1(C)CNC[C@@H]21.Cl. The molecule has 3 heteroatoms. The van der Waals surface area contributed by atoms with Gasteiger partial charge in [-0.25, -0.2) is 0 Å². The number of hydrogen-bond donors (Lipinski definition) is 1. The third-order valence-electron chi connectivity index (χ3n) is 4.35. The second-order valence-corrected chi connectivity index (χ2v) is 5.85. The molecule has 2 aliphatic heterocycles. The normalized spacial score (nSPS) is 29.7. The summed E-state index contributed by atoms with van der Waals surface area (Å²) in [7, 11) is 0. The summed E-state index contributed by atoms with van der Waals surface area (Å²) in [5.74, 6) is 1.09. The number of ether oxygens (including phenoxy) is 1. The molecule has 1 saturated heterocycles. The van der Waals surface area contributed by atoms with Crippen molar-refractivity contribution < 1.29 is 4.74 Å². The monoisotopic (exact) mass is 267 g/mol. The fraction of sp³-hybridized carbons (Fsp3) is 0.600. The van der Waals surface area contributed by atoms with Gasteiger partial charge in [-0.1, -0.05) is 32.0 Å². The fourth-order valence-electron chi connectivity index (χ4n) is 3.29. The second kappa shape index (κ2) is 4.84. The van der Waals surface area contributed by atoms with Crippen LogP contribution in [0, 0.1) is 0 Å². The van der Waals surface area contributed by atoms with E-state index < -0.39 is 0 Å². The average molecular weight is 268 g/mol. The molecule has 1 aromatic carbocycles. The maximum absolute atomic E-state index is 6.14. The Hall–Kier alpha value is -0.570. The van der Waals surface area contributed by atoms with Crippen molar-refractivity contribution in [1.29, 1.82) is 0 Å². The Morgan fingerprint density at radius 2 is 2.17 bits per heavy atom. The maximum atomic E-state index is 6.14. The van der Waals surface area contributed by atoms with Gasteiger partial charge in [0.25, 0.3) is 0 Å². The number of nitrogens with one attached hydrogen (secondary N) is 1. The highest BCUT2D eigenvalue weighted by molar-refractivity contribution is 5.85. The van der Waals surface area contributed by atoms with Crippen LogP contribution in [-0.2, 0) is 11.3 Å². The molecular weight excluding hydrogens is 246 g/mol. The first-order valence-corrected chi connectivity index (χ1v) is 6.58. The molecule has 0 bridgehead atoms. The minimum Gasteiger partial charge on any atom is -0.369 e. The van der Waals surface area contributed by atoms with Crippen LogP contribution in [0.15, 0.2) is 18.2 Å². The molecule has 0 unspecified atom stereocenters. The summed E-state index contributed by atoms with van der Waals surface area (Å²) >= 11 is 0. The molecule has 1 fully saturated rings. The Morgan fingerprint density at radius 1 is 1.39 bits per heavy atom. The molecule has 2 aliphatic rings. The van der Waals surface area contributed by atoms with E-state index in [-0.39, 0.29) is 18.0 Å². The van der Waals surface area contributed by atoms with E-state index in [1.54, 1.807) is 0 Å². The summed E-state index contributed by atoms with van der Waals surface area (Å²) in [6, 6.07) is 6.75. The summed E-state index contributed by atoms with van der Waals surface area (Å²) in [6.45, 7) is 9.56. The number of rotatable bonds is 1. The van der Waals surface area contributed by atoms with E-state index in [1.165, 1.54) is 16.7 Å². The third kappa shape index (κ3) is 1.97. The van der Waals surface area contributed by atoms with E-state index in [0.29, 0.717) is 11.8 Å². The number of fused-ring (bicyclic) bond motifs is 3. The Bertz CT molecular complexity index is 446. The van der Waals surface area contributed by atoms with E-state index in [1.807, 2.05) is 0 Å². The smallest absolute Gasteiger partial charge is 0.0863 e. The Balaban J connectivity index is 0.00000120. The van der Waals surface area contributed by atoms with Crippen molar-refractivity contribution in [2.45, 2.75) is 44.8 Å². The molecule has 0 aromatic heterocycles. The van der Waals surface area contributed by atoms with Gasteiger partial charge in [0.15, 0.2) is 0 Å². The summed E-state index contributed by atoms with van der Waals surface area (Å²) in [5, 5.41) is 3.47. The van der Waals surface area contributed by atoms with E-state index in [9.17, 15) is 0 Å². The number of benzene rings is 1. The highest BCUT2D eigenvalue weighted by Gasteiger charge is 2.44. The first-order valence-electron chi connectivity index (χ1n) is 6.58. The third-order valence-corrected chi connectivity index (χ3v) is 4.35. The predicted molar refractivity (Wildman–Crippen MR) is 76.6 cm³/mol. The Kier molecular flexibility index (Phi) is 3.72. The van der Waals surface area contributed by atoms with Crippen LogP contribution < -0.4 is 5.32 Å². The average Bonchev–Trinajstić information content (AvgIpc) is 2.70. The molecule has 2 heterocycles. The first kappa shape index (κ1) is 13.9. The van der Waals surface area contributed by atoms with Crippen LogP contribution >= 0.6 is 12.4 Å². The van der Waals surface area contributed by atoms with Gasteiger partial charge in [0, 0.05) is 19.0 Å². The molecule has 1 aromatic rings. The molecule has 0 aliphatic carbocycles. The molecule has 3 rings (SSSR count). The molecule has 1 N–H and O–H groups in total. The first-order chi connectivity index (χ1) is 8.12. The zero-order valence-electron chi connectivity index (χ0n) is 11.3. The van der Waals surface area contributed by atoms with Crippen molar-refractivity contribution in [1.82, 2.24) is 5.32 Å². The van der Waals surface area contributed by atoms with Gasteiger partial charge in [0.05, 0.1) is 12.2 Å². The van der Waals surface area contributed by atoms with Crippen LogP contribution in [0.25, 0.3) is 0 Å². The summed E-state index contributed by atoms with van der Waals surface area (Å²) in [5.41, 5.74) is 4.41. The van der Waals surface area contributed by atoms with Gasteiger partial charge in [-0.05, 0) is 29.5 Å². The van der Waals surface area contributed by atoms with Crippen LogP contribution in [0.4, 0.5) is 0 Å². The van der Waals surface area contributed by atoms with Crippen LogP contribution in [0.5, 0.6) is 0 Å². The molecule has 0 spiro atoms. The van der Waals surface area contributed by atoms with Crippen LogP contribution in [0.2, 0.25) is 0 Å². The van der Waals surface area contributed by atoms with Gasteiger partial charge in [-0.2, -0.15) is 0 Å². The van der Waals surface area contributed by atoms with Crippen molar-refractivity contribution in [3.8, 4) is 0 Å². The van der Waals surface area contributed by atoms with Crippen molar-refractivity contribution >= 4 is 12.4 Å². The van der Waals surface area contributed by atoms with Crippen molar-refractivity contribution in [3.63, 3.8) is 0 Å². The van der Waals surface area contributed by atoms with Crippen LogP contribution in [0.3, 0.4) is 0 Å². The summed E-state index contributed by atoms with van der Waals surface area (Å²) in [4.78, 5) is 0. The molecule has 18 heavy (non-hydrogen) atoms. The standard InChI is InChI=1S/C15H21NO.ClH/c1-10(2)11-5-4-6-12-13(11)8-17-15(3)9-16-7-14(12)15;/h4-6,10,14,16H,7-9H2,1-3H3;1H/t14-,15-;/m0./s1. The number of hydrogen-bond acceptors (Lipinski definition) is 2. The topological polar surface area (TPSA) is 21.3 Å². The Labute approximate surface area is 116 Å². The zero-order chi connectivity index (χ0) is 12.0. The second-order valence-electron chi connectivity index (χ2n) is 5.85. The maximum Gasteiger partial charge on any atom is 0.0863 e.